The van der Waals surface area contributed by atoms with Crippen molar-refractivity contribution in [1.29, 1.82) is 0 Å². The highest BCUT2D eigenvalue weighted by Gasteiger charge is 2.41. The van der Waals surface area contributed by atoms with E-state index in [1.807, 2.05) is 24.4 Å². The van der Waals surface area contributed by atoms with Crippen LogP contribution in [0.15, 0.2) is 40.2 Å². The van der Waals surface area contributed by atoms with E-state index in [0.717, 1.165) is 16.5 Å². The van der Waals surface area contributed by atoms with Gasteiger partial charge in [0.1, 0.15) is 6.54 Å². The third-order valence-corrected chi connectivity index (χ3v) is 5.23. The normalized spacial score (nSPS) is 17.9. The second-order valence-corrected chi connectivity index (χ2v) is 7.10. The van der Waals surface area contributed by atoms with Crippen LogP contribution >= 0.6 is 27.3 Å². The summed E-state index contributed by atoms with van der Waals surface area (Å²) in [6.07, 6.45) is 0.0452. The highest BCUT2D eigenvalue weighted by molar-refractivity contribution is 9.10. The third kappa shape index (κ3) is 3.04. The summed E-state index contributed by atoms with van der Waals surface area (Å²) in [7, 11) is 0. The van der Waals surface area contributed by atoms with E-state index in [9.17, 15) is 14.8 Å². The standard InChI is InChI=1S/C16H15BrN2O3S/c1-2-10-6-13(23-9-10)16(21)18-8-14(20)19(22)15(18)11-4-3-5-12(17)7-11/h3-7,9,15,22H,2,8H2,1H3. The predicted octanol–water partition coefficient (Wildman–Crippen LogP) is 3.45. The first-order valence-corrected chi connectivity index (χ1v) is 8.83. The predicted molar refractivity (Wildman–Crippen MR) is 90.2 cm³/mol. The van der Waals surface area contributed by atoms with Crippen LogP contribution in [0.1, 0.15) is 33.9 Å². The van der Waals surface area contributed by atoms with Crippen molar-refractivity contribution in [1.82, 2.24) is 9.96 Å². The van der Waals surface area contributed by atoms with E-state index in [1.54, 1.807) is 18.2 Å². The Balaban J connectivity index is 1.95. The summed E-state index contributed by atoms with van der Waals surface area (Å²) >= 11 is 4.73. The number of halogens is 1. The van der Waals surface area contributed by atoms with Gasteiger partial charge in [-0.05, 0) is 41.1 Å². The van der Waals surface area contributed by atoms with Gasteiger partial charge in [0.05, 0.1) is 4.88 Å². The molecule has 1 aromatic heterocycles. The average Bonchev–Trinajstić information content (AvgIpc) is 3.12. The molecule has 2 heterocycles. The highest BCUT2D eigenvalue weighted by atomic mass is 79.9. The second kappa shape index (κ2) is 6.43. The molecule has 1 aliphatic rings. The van der Waals surface area contributed by atoms with Gasteiger partial charge in [0, 0.05) is 4.47 Å². The molecule has 120 valence electrons. The van der Waals surface area contributed by atoms with Crippen molar-refractivity contribution in [2.75, 3.05) is 6.54 Å². The van der Waals surface area contributed by atoms with E-state index < -0.39 is 12.1 Å². The lowest BCUT2D eigenvalue weighted by molar-refractivity contribution is -0.168. The first kappa shape index (κ1) is 16.2. The molecule has 0 aliphatic carbocycles. The van der Waals surface area contributed by atoms with Crippen molar-refractivity contribution in [2.45, 2.75) is 19.5 Å². The minimum absolute atomic E-state index is 0.133. The summed E-state index contributed by atoms with van der Waals surface area (Å²) in [6, 6.07) is 9.07. The zero-order valence-electron chi connectivity index (χ0n) is 12.4. The molecule has 1 aromatic carbocycles. The number of benzene rings is 1. The SMILES string of the molecule is CCc1csc(C(=O)N2CC(=O)N(O)C2c2cccc(Br)c2)c1. The summed E-state index contributed by atoms with van der Waals surface area (Å²) in [5, 5.41) is 12.7. The molecule has 7 heteroatoms. The monoisotopic (exact) mass is 394 g/mol. The van der Waals surface area contributed by atoms with Crippen LogP contribution in [-0.4, -0.2) is 33.5 Å². The van der Waals surface area contributed by atoms with E-state index >= 15 is 0 Å². The van der Waals surface area contributed by atoms with Crippen LogP contribution < -0.4 is 0 Å². The van der Waals surface area contributed by atoms with Crippen LogP contribution in [-0.2, 0) is 11.2 Å². The summed E-state index contributed by atoms with van der Waals surface area (Å²) in [6.45, 7) is 1.89. The van der Waals surface area contributed by atoms with Crippen molar-refractivity contribution in [2.24, 2.45) is 0 Å². The summed E-state index contributed by atoms with van der Waals surface area (Å²) in [5.74, 6) is -0.736. The zero-order valence-corrected chi connectivity index (χ0v) is 14.8. The first-order chi connectivity index (χ1) is 11.0. The maximum atomic E-state index is 12.8. The van der Waals surface area contributed by atoms with Gasteiger partial charge in [-0.15, -0.1) is 11.3 Å². The van der Waals surface area contributed by atoms with Crippen LogP contribution in [0.25, 0.3) is 0 Å². The summed E-state index contributed by atoms with van der Waals surface area (Å²) in [5.41, 5.74) is 1.76. The van der Waals surface area contributed by atoms with Crippen LogP contribution in [0.4, 0.5) is 0 Å². The molecule has 0 saturated carbocycles. The van der Waals surface area contributed by atoms with Gasteiger partial charge in [0.2, 0.25) is 0 Å². The fraction of sp³-hybridized carbons (Fsp3) is 0.250. The molecule has 23 heavy (non-hydrogen) atoms. The van der Waals surface area contributed by atoms with Gasteiger partial charge in [-0.2, -0.15) is 5.06 Å². The molecule has 1 fully saturated rings. The highest BCUT2D eigenvalue weighted by Crippen LogP contribution is 2.33. The van der Waals surface area contributed by atoms with Crippen molar-refractivity contribution < 1.29 is 14.8 Å². The van der Waals surface area contributed by atoms with Gasteiger partial charge in [0.15, 0.2) is 6.17 Å². The van der Waals surface area contributed by atoms with Gasteiger partial charge in [-0.1, -0.05) is 35.0 Å². The maximum Gasteiger partial charge on any atom is 0.267 e. The van der Waals surface area contributed by atoms with Crippen LogP contribution in [0.5, 0.6) is 0 Å². The Bertz CT molecular complexity index is 761. The van der Waals surface area contributed by atoms with Gasteiger partial charge < -0.3 is 4.90 Å². The first-order valence-electron chi connectivity index (χ1n) is 7.16. The van der Waals surface area contributed by atoms with Crippen LogP contribution in [0.2, 0.25) is 0 Å². The Kier molecular flexibility index (Phi) is 4.52. The molecule has 1 N–H and O–H groups in total. The fourth-order valence-electron chi connectivity index (χ4n) is 2.56. The molecule has 0 bridgehead atoms. The molecule has 2 amide bonds. The minimum atomic E-state index is -0.806. The summed E-state index contributed by atoms with van der Waals surface area (Å²) in [4.78, 5) is 26.7. The lowest BCUT2D eigenvalue weighted by Crippen LogP contribution is -2.34. The smallest absolute Gasteiger partial charge is 0.267 e. The molecule has 0 radical (unpaired) electrons. The van der Waals surface area contributed by atoms with E-state index in [2.05, 4.69) is 15.9 Å². The topological polar surface area (TPSA) is 60.9 Å². The number of thiophene rings is 1. The van der Waals surface area contributed by atoms with E-state index in [1.165, 1.54) is 16.2 Å². The number of nitrogens with zero attached hydrogens (tertiary/aromatic N) is 2. The molecule has 1 atom stereocenters. The van der Waals surface area contributed by atoms with Gasteiger partial charge in [-0.25, -0.2) is 0 Å². The Hall–Kier alpha value is -1.70. The van der Waals surface area contributed by atoms with E-state index in [0.29, 0.717) is 15.5 Å². The molecule has 0 spiro atoms. The minimum Gasteiger partial charge on any atom is -0.302 e. The number of aryl methyl sites for hydroxylation is 1. The third-order valence-electron chi connectivity index (χ3n) is 3.77. The van der Waals surface area contributed by atoms with Crippen LogP contribution in [0, 0.1) is 0 Å². The number of carbonyl (C=O) groups is 2. The quantitative estimate of drug-likeness (QED) is 0.810. The number of hydroxylamine groups is 2. The van der Waals surface area contributed by atoms with Crippen molar-refractivity contribution in [3.05, 3.63) is 56.2 Å². The second-order valence-electron chi connectivity index (χ2n) is 5.27. The Morgan fingerprint density at radius 1 is 1.43 bits per heavy atom. The van der Waals surface area contributed by atoms with Gasteiger partial charge >= 0.3 is 0 Å². The number of hydrogen-bond donors (Lipinski definition) is 1. The molecule has 1 aliphatic heterocycles. The van der Waals surface area contributed by atoms with Gasteiger partial charge in [0.25, 0.3) is 11.8 Å². The van der Waals surface area contributed by atoms with Crippen molar-refractivity contribution >= 4 is 39.1 Å². The molecule has 1 unspecified atom stereocenters. The molecule has 3 rings (SSSR count). The molecular formula is C16H15BrN2O3S. The van der Waals surface area contributed by atoms with Crippen molar-refractivity contribution in [3.8, 4) is 0 Å². The number of amides is 2. The molecule has 5 nitrogen and oxygen atoms in total. The Morgan fingerprint density at radius 3 is 2.87 bits per heavy atom. The lowest BCUT2D eigenvalue weighted by Gasteiger charge is -2.26. The van der Waals surface area contributed by atoms with Crippen LogP contribution in [0.3, 0.4) is 0 Å². The van der Waals surface area contributed by atoms with Crippen molar-refractivity contribution in [3.63, 3.8) is 0 Å². The molecule has 2 aromatic rings. The largest absolute Gasteiger partial charge is 0.302 e. The average molecular weight is 395 g/mol. The Morgan fingerprint density at radius 2 is 2.22 bits per heavy atom. The molecule has 1 saturated heterocycles. The van der Waals surface area contributed by atoms with E-state index in [4.69, 9.17) is 0 Å². The number of hydrogen-bond acceptors (Lipinski definition) is 4. The Labute approximate surface area is 146 Å². The van der Waals surface area contributed by atoms with E-state index in [-0.39, 0.29) is 12.5 Å². The maximum absolute atomic E-state index is 12.8. The zero-order chi connectivity index (χ0) is 16.6. The lowest BCUT2D eigenvalue weighted by atomic mass is 10.1. The summed E-state index contributed by atoms with van der Waals surface area (Å²) < 4.78 is 0.819. The molecular weight excluding hydrogens is 380 g/mol. The fourth-order valence-corrected chi connectivity index (χ4v) is 3.93. The number of carbonyl (C=O) groups excluding carboxylic acids is 2. The van der Waals surface area contributed by atoms with Gasteiger partial charge in [-0.3, -0.25) is 14.8 Å². The number of rotatable bonds is 3.